The molecule has 13 heavy (non-hydrogen) atoms. The van der Waals surface area contributed by atoms with Crippen molar-refractivity contribution in [2.75, 3.05) is 0 Å². The van der Waals surface area contributed by atoms with Gasteiger partial charge in [-0.3, -0.25) is 0 Å². The maximum absolute atomic E-state index is 5.72. The first-order chi connectivity index (χ1) is 6.27. The van der Waals surface area contributed by atoms with E-state index < -0.39 is 0 Å². The predicted octanol–water partition coefficient (Wildman–Crippen LogP) is 1.40. The number of hydrogen-bond acceptors (Lipinski definition) is 4. The minimum Gasteiger partial charge on any atom is -0.352 e. The summed E-state index contributed by atoms with van der Waals surface area (Å²) in [6.45, 7) is 0. The number of rotatable bonds is 1. The summed E-state index contributed by atoms with van der Waals surface area (Å²) in [4.78, 5) is 8.86. The Morgan fingerprint density at radius 3 is 2.62 bits per heavy atom. The van der Waals surface area contributed by atoms with Gasteiger partial charge < -0.3 is 10.6 Å². The fourth-order valence-electron chi connectivity index (χ4n) is 1.15. The Labute approximate surface area is 80.6 Å². The molecule has 68 valence electrons. The second kappa shape index (κ2) is 3.24. The van der Waals surface area contributed by atoms with E-state index >= 15 is 0 Å². The van der Waals surface area contributed by atoms with Crippen molar-refractivity contribution in [3.8, 4) is 0 Å². The Hall–Kier alpha value is -1.26. The Kier molecular flexibility index (Phi) is 2.08. The second-order valence-electron chi connectivity index (χ2n) is 2.61. The van der Waals surface area contributed by atoms with Crippen LogP contribution in [0, 0.1) is 0 Å². The van der Waals surface area contributed by atoms with E-state index in [1.807, 2.05) is 30.3 Å². The highest BCUT2D eigenvalue weighted by molar-refractivity contribution is 6.13. The summed E-state index contributed by atoms with van der Waals surface area (Å²) in [5.41, 5.74) is 6.30. The largest absolute Gasteiger partial charge is 0.352 e. The molecule has 1 unspecified atom stereocenters. The van der Waals surface area contributed by atoms with Gasteiger partial charge in [-0.15, -0.1) is 0 Å². The number of benzene rings is 1. The molecule has 0 saturated carbocycles. The summed E-state index contributed by atoms with van der Waals surface area (Å²) in [5, 5.41) is 0. The number of hydroxylamine groups is 1. The summed E-state index contributed by atoms with van der Waals surface area (Å²) < 4.78 is 1.10. The fourth-order valence-corrected chi connectivity index (χ4v) is 1.37. The molecule has 0 fully saturated rings. The molecule has 1 aromatic carbocycles. The average molecular weight is 198 g/mol. The van der Waals surface area contributed by atoms with Crippen molar-refractivity contribution in [1.29, 1.82) is 0 Å². The summed E-state index contributed by atoms with van der Waals surface area (Å²) in [6.07, 6.45) is -0.345. The lowest BCUT2D eigenvalue weighted by atomic mass is 10.2. The lowest BCUT2D eigenvalue weighted by Gasteiger charge is -2.11. The maximum Gasteiger partial charge on any atom is 0.306 e. The molecule has 0 saturated heterocycles. The van der Waals surface area contributed by atoms with Gasteiger partial charge >= 0.3 is 6.02 Å². The third kappa shape index (κ3) is 1.59. The van der Waals surface area contributed by atoms with Crippen molar-refractivity contribution < 1.29 is 4.84 Å². The van der Waals surface area contributed by atoms with Crippen molar-refractivity contribution in [1.82, 2.24) is 4.58 Å². The van der Waals surface area contributed by atoms with Crippen molar-refractivity contribution in [2.24, 2.45) is 10.7 Å². The predicted molar refractivity (Wildman–Crippen MR) is 49.6 cm³/mol. The second-order valence-corrected chi connectivity index (χ2v) is 2.95. The molecular formula is C8H8ClN3O. The molecule has 0 amide bonds. The van der Waals surface area contributed by atoms with Crippen LogP contribution in [0.15, 0.2) is 35.3 Å². The molecule has 4 nitrogen and oxygen atoms in total. The van der Waals surface area contributed by atoms with Crippen LogP contribution >= 0.6 is 11.8 Å². The lowest BCUT2D eigenvalue weighted by molar-refractivity contribution is 0.0128. The topological polar surface area (TPSA) is 50.8 Å². The number of nitrogens with zero attached hydrogens (tertiary/aromatic N) is 2. The van der Waals surface area contributed by atoms with Crippen LogP contribution in [0.5, 0.6) is 0 Å². The molecule has 0 aromatic heterocycles. The van der Waals surface area contributed by atoms with Crippen LogP contribution in [-0.2, 0) is 4.84 Å². The van der Waals surface area contributed by atoms with Gasteiger partial charge in [0.05, 0.1) is 0 Å². The zero-order chi connectivity index (χ0) is 9.26. The monoisotopic (exact) mass is 197 g/mol. The van der Waals surface area contributed by atoms with E-state index in [0.717, 1.165) is 10.1 Å². The molecular weight excluding hydrogens is 190 g/mol. The van der Waals surface area contributed by atoms with Crippen LogP contribution in [0.25, 0.3) is 0 Å². The molecule has 1 heterocycles. The van der Waals surface area contributed by atoms with E-state index in [0.29, 0.717) is 0 Å². The van der Waals surface area contributed by atoms with Gasteiger partial charge in [0.25, 0.3) is 0 Å². The summed E-state index contributed by atoms with van der Waals surface area (Å²) in [5.74, 6) is 0. The highest BCUT2D eigenvalue weighted by Gasteiger charge is 2.27. The highest BCUT2D eigenvalue weighted by Crippen LogP contribution is 2.28. The number of amidine groups is 1. The van der Waals surface area contributed by atoms with Crippen molar-refractivity contribution in [2.45, 2.75) is 6.17 Å². The number of nitrogens with two attached hydrogens (primary N) is 1. The van der Waals surface area contributed by atoms with Gasteiger partial charge in [-0.2, -0.15) is 0 Å². The van der Waals surface area contributed by atoms with Crippen LogP contribution in [0.2, 0.25) is 0 Å². The van der Waals surface area contributed by atoms with Crippen molar-refractivity contribution >= 4 is 17.8 Å². The van der Waals surface area contributed by atoms with Crippen LogP contribution in [0.4, 0.5) is 0 Å². The summed E-state index contributed by atoms with van der Waals surface area (Å²) in [6, 6.07) is 9.64. The first-order valence-electron chi connectivity index (χ1n) is 3.78. The van der Waals surface area contributed by atoms with Gasteiger partial charge in [0.2, 0.25) is 0 Å². The van der Waals surface area contributed by atoms with E-state index in [1.165, 1.54) is 0 Å². The van der Waals surface area contributed by atoms with Crippen LogP contribution < -0.4 is 5.73 Å². The molecule has 0 bridgehead atoms. The van der Waals surface area contributed by atoms with E-state index in [4.69, 9.17) is 22.3 Å². The zero-order valence-electron chi connectivity index (χ0n) is 6.72. The lowest BCUT2D eigenvalue weighted by Crippen LogP contribution is -2.17. The molecule has 0 aliphatic carbocycles. The maximum atomic E-state index is 5.72. The highest BCUT2D eigenvalue weighted by atomic mass is 35.5. The van der Waals surface area contributed by atoms with Gasteiger partial charge in [-0.25, -0.2) is 4.99 Å². The minimum atomic E-state index is -0.345. The van der Waals surface area contributed by atoms with Gasteiger partial charge in [0.15, 0.2) is 6.17 Å². The van der Waals surface area contributed by atoms with Gasteiger partial charge in [0, 0.05) is 11.8 Å². The van der Waals surface area contributed by atoms with E-state index in [1.54, 1.807) is 0 Å². The summed E-state index contributed by atoms with van der Waals surface area (Å²) >= 11 is 5.72. The fraction of sp³-hybridized carbons (Fsp3) is 0.125. The number of aliphatic imine (C=N–C) groups is 1. The van der Waals surface area contributed by atoms with E-state index in [9.17, 15) is 0 Å². The SMILES string of the molecule is NC1=NC(c2ccccc2)N(Cl)O1. The van der Waals surface area contributed by atoms with E-state index in [-0.39, 0.29) is 12.2 Å². The smallest absolute Gasteiger partial charge is 0.306 e. The first-order valence-corrected chi connectivity index (χ1v) is 4.12. The Balaban J connectivity index is 2.27. The normalized spacial score (nSPS) is 22.5. The quantitative estimate of drug-likeness (QED) is 0.693. The number of halogens is 1. The summed E-state index contributed by atoms with van der Waals surface area (Å²) in [7, 11) is 0. The molecule has 1 aliphatic rings. The average Bonchev–Trinajstić information content (AvgIpc) is 2.47. The van der Waals surface area contributed by atoms with E-state index in [2.05, 4.69) is 4.99 Å². The third-order valence-electron chi connectivity index (χ3n) is 1.72. The van der Waals surface area contributed by atoms with Crippen LogP contribution in [-0.4, -0.2) is 10.6 Å². The molecule has 1 aromatic rings. The minimum absolute atomic E-state index is 0.0869. The molecule has 2 rings (SSSR count). The van der Waals surface area contributed by atoms with Crippen molar-refractivity contribution in [3.63, 3.8) is 0 Å². The number of hydrogen-bond donors (Lipinski definition) is 1. The molecule has 0 radical (unpaired) electrons. The van der Waals surface area contributed by atoms with Crippen LogP contribution in [0.3, 0.4) is 0 Å². The molecule has 1 aliphatic heterocycles. The Morgan fingerprint density at radius 1 is 1.38 bits per heavy atom. The molecule has 0 spiro atoms. The molecule has 2 N–H and O–H groups in total. The zero-order valence-corrected chi connectivity index (χ0v) is 7.48. The standard InChI is InChI=1S/C8H8ClN3O/c9-12-7(11-8(10)13-12)6-4-2-1-3-5-6/h1-5,7H,(H2,10,11). The van der Waals surface area contributed by atoms with Gasteiger partial charge in [-0.05, 0) is 10.1 Å². The van der Waals surface area contributed by atoms with Gasteiger partial charge in [-0.1, -0.05) is 30.3 Å². The molecule has 1 atom stereocenters. The van der Waals surface area contributed by atoms with Crippen molar-refractivity contribution in [3.05, 3.63) is 35.9 Å². The van der Waals surface area contributed by atoms with Gasteiger partial charge in [0.1, 0.15) is 0 Å². The third-order valence-corrected chi connectivity index (χ3v) is 1.97. The first kappa shape index (κ1) is 8.34. The van der Waals surface area contributed by atoms with Crippen LogP contribution in [0.1, 0.15) is 11.7 Å². The molecule has 5 heteroatoms. The Morgan fingerprint density at radius 2 is 2.08 bits per heavy atom. The Bertz CT molecular complexity index is 327.